The average molecular weight is 302 g/mol. The second-order valence-electron chi connectivity index (χ2n) is 4.50. The molecule has 0 aliphatic rings. The minimum Gasteiger partial charge on any atom is -0.478 e. The van der Waals surface area contributed by atoms with Crippen LogP contribution in [-0.2, 0) is 4.79 Å². The summed E-state index contributed by atoms with van der Waals surface area (Å²) in [5, 5.41) is 11.4. The number of aromatic nitrogens is 1. The Hall–Kier alpha value is -2.47. The maximum absolute atomic E-state index is 12.1. The summed E-state index contributed by atoms with van der Waals surface area (Å²) >= 11 is 1.24. The van der Waals surface area contributed by atoms with Crippen LogP contribution in [0, 0.1) is 13.8 Å². The van der Waals surface area contributed by atoms with E-state index in [0.29, 0.717) is 10.7 Å². The van der Waals surface area contributed by atoms with E-state index in [1.54, 1.807) is 18.3 Å². The number of carbonyl (C=O) groups excluding carboxylic acids is 1. The average Bonchev–Trinajstić information content (AvgIpc) is 2.78. The number of pyridine rings is 1. The Morgan fingerprint density at radius 2 is 2.10 bits per heavy atom. The van der Waals surface area contributed by atoms with E-state index in [4.69, 9.17) is 5.11 Å². The van der Waals surface area contributed by atoms with Gasteiger partial charge in [0.05, 0.1) is 4.88 Å². The smallest absolute Gasteiger partial charge is 0.328 e. The van der Waals surface area contributed by atoms with Crippen molar-refractivity contribution in [3.63, 3.8) is 0 Å². The lowest BCUT2D eigenvalue weighted by molar-refractivity contribution is -0.131. The van der Waals surface area contributed by atoms with Gasteiger partial charge in [0.25, 0.3) is 5.91 Å². The van der Waals surface area contributed by atoms with Gasteiger partial charge in [-0.05, 0) is 49.2 Å². The van der Waals surface area contributed by atoms with E-state index in [-0.39, 0.29) is 5.91 Å². The van der Waals surface area contributed by atoms with Crippen molar-refractivity contribution in [3.05, 3.63) is 51.4 Å². The first kappa shape index (κ1) is 14.9. The van der Waals surface area contributed by atoms with Crippen molar-refractivity contribution in [1.29, 1.82) is 0 Å². The molecule has 0 spiro atoms. The molecular formula is C15H14N2O3S. The van der Waals surface area contributed by atoms with E-state index in [9.17, 15) is 9.59 Å². The van der Waals surface area contributed by atoms with Gasteiger partial charge in [-0.1, -0.05) is 0 Å². The Balaban J connectivity index is 2.16. The van der Waals surface area contributed by atoms with E-state index in [1.807, 2.05) is 19.9 Å². The van der Waals surface area contributed by atoms with Crippen LogP contribution in [0.3, 0.4) is 0 Å². The molecule has 0 radical (unpaired) electrons. The molecule has 2 heterocycles. The molecule has 0 fully saturated rings. The molecular weight excluding hydrogens is 288 g/mol. The normalized spacial score (nSPS) is 10.8. The fourth-order valence-electron chi connectivity index (χ4n) is 1.70. The lowest BCUT2D eigenvalue weighted by Crippen LogP contribution is -2.11. The summed E-state index contributed by atoms with van der Waals surface area (Å²) in [6.07, 6.45) is 4.18. The fourth-order valence-corrected chi connectivity index (χ4v) is 2.68. The Bertz CT molecular complexity index is 719. The topological polar surface area (TPSA) is 79.3 Å². The zero-order valence-electron chi connectivity index (χ0n) is 11.6. The maximum Gasteiger partial charge on any atom is 0.328 e. The number of carbonyl (C=O) groups is 2. The van der Waals surface area contributed by atoms with Gasteiger partial charge in [0.15, 0.2) is 0 Å². The summed E-state index contributed by atoms with van der Waals surface area (Å²) in [6.45, 7) is 3.75. The van der Waals surface area contributed by atoms with Gasteiger partial charge in [-0.3, -0.25) is 4.79 Å². The third kappa shape index (κ3) is 4.00. The fraction of sp³-hybridized carbons (Fsp3) is 0.133. The van der Waals surface area contributed by atoms with Crippen LogP contribution < -0.4 is 5.32 Å². The molecule has 2 aromatic heterocycles. The SMILES string of the molecule is Cc1ccnc(NC(=O)c2cc(C)c(/C=C/C(=O)O)s2)c1. The van der Waals surface area contributed by atoms with Crippen LogP contribution in [-0.4, -0.2) is 22.0 Å². The van der Waals surface area contributed by atoms with Crippen molar-refractivity contribution in [2.24, 2.45) is 0 Å². The van der Waals surface area contributed by atoms with Gasteiger partial charge in [-0.15, -0.1) is 11.3 Å². The summed E-state index contributed by atoms with van der Waals surface area (Å²) in [7, 11) is 0. The van der Waals surface area contributed by atoms with Crippen molar-refractivity contribution in [2.75, 3.05) is 5.32 Å². The summed E-state index contributed by atoms with van der Waals surface area (Å²) in [5.74, 6) is -0.775. The van der Waals surface area contributed by atoms with E-state index < -0.39 is 5.97 Å². The first-order valence-electron chi connectivity index (χ1n) is 6.21. The highest BCUT2D eigenvalue weighted by Crippen LogP contribution is 2.24. The number of carboxylic acid groups (broad SMARTS) is 1. The van der Waals surface area contributed by atoms with Crippen molar-refractivity contribution in [1.82, 2.24) is 4.98 Å². The van der Waals surface area contributed by atoms with Crippen LogP contribution >= 0.6 is 11.3 Å². The Labute approximate surface area is 126 Å². The lowest BCUT2D eigenvalue weighted by atomic mass is 10.2. The van der Waals surface area contributed by atoms with Gasteiger partial charge in [-0.2, -0.15) is 0 Å². The van der Waals surface area contributed by atoms with Crippen LogP contribution in [0.5, 0.6) is 0 Å². The maximum atomic E-state index is 12.1. The van der Waals surface area contributed by atoms with Crippen LogP contribution in [0.2, 0.25) is 0 Å². The molecule has 0 unspecified atom stereocenters. The number of aryl methyl sites for hydroxylation is 2. The molecule has 6 heteroatoms. The molecule has 2 N–H and O–H groups in total. The molecule has 1 amide bonds. The number of carboxylic acids is 1. The molecule has 0 bridgehead atoms. The van der Waals surface area contributed by atoms with Crippen LogP contribution in [0.25, 0.3) is 6.08 Å². The summed E-state index contributed by atoms with van der Waals surface area (Å²) in [4.78, 5) is 28.0. The van der Waals surface area contributed by atoms with Crippen LogP contribution in [0.1, 0.15) is 25.7 Å². The predicted molar refractivity (Wildman–Crippen MR) is 82.7 cm³/mol. The lowest BCUT2D eigenvalue weighted by Gasteiger charge is -2.02. The molecule has 5 nitrogen and oxygen atoms in total. The van der Waals surface area contributed by atoms with Gasteiger partial charge in [-0.25, -0.2) is 9.78 Å². The van der Waals surface area contributed by atoms with E-state index >= 15 is 0 Å². The minimum atomic E-state index is -1.02. The van der Waals surface area contributed by atoms with Gasteiger partial charge in [0.2, 0.25) is 0 Å². The Morgan fingerprint density at radius 1 is 1.33 bits per heavy atom. The number of amides is 1. The number of hydrogen-bond acceptors (Lipinski definition) is 4. The van der Waals surface area contributed by atoms with Crippen molar-refractivity contribution >= 4 is 35.1 Å². The number of rotatable bonds is 4. The number of nitrogens with zero attached hydrogens (tertiary/aromatic N) is 1. The third-order valence-corrected chi connectivity index (χ3v) is 3.92. The number of nitrogens with one attached hydrogen (secondary N) is 1. The third-order valence-electron chi connectivity index (χ3n) is 2.71. The zero-order chi connectivity index (χ0) is 15.4. The van der Waals surface area contributed by atoms with Crippen molar-refractivity contribution in [3.8, 4) is 0 Å². The summed E-state index contributed by atoms with van der Waals surface area (Å²) in [6, 6.07) is 5.36. The van der Waals surface area contributed by atoms with E-state index in [2.05, 4.69) is 10.3 Å². The van der Waals surface area contributed by atoms with Crippen molar-refractivity contribution < 1.29 is 14.7 Å². The zero-order valence-corrected chi connectivity index (χ0v) is 12.4. The Morgan fingerprint density at radius 3 is 2.76 bits per heavy atom. The standard InChI is InChI=1S/C15H14N2O3S/c1-9-5-6-16-13(7-9)17-15(20)12-8-10(2)11(21-12)3-4-14(18)19/h3-8H,1-2H3,(H,18,19)(H,16,17,20)/b4-3+. The minimum absolute atomic E-state index is 0.254. The highest BCUT2D eigenvalue weighted by Gasteiger charge is 2.12. The second kappa shape index (κ2) is 6.32. The quantitative estimate of drug-likeness (QED) is 0.850. The number of aliphatic carboxylic acids is 1. The molecule has 0 aliphatic heterocycles. The highest BCUT2D eigenvalue weighted by atomic mass is 32.1. The highest BCUT2D eigenvalue weighted by molar-refractivity contribution is 7.15. The monoisotopic (exact) mass is 302 g/mol. The number of hydrogen-bond donors (Lipinski definition) is 2. The molecule has 0 aliphatic carbocycles. The van der Waals surface area contributed by atoms with Gasteiger partial charge >= 0.3 is 5.97 Å². The largest absolute Gasteiger partial charge is 0.478 e. The molecule has 0 saturated heterocycles. The predicted octanol–water partition coefficient (Wildman–Crippen LogP) is 3.11. The number of thiophene rings is 1. The van der Waals surface area contributed by atoms with Gasteiger partial charge in [0.1, 0.15) is 5.82 Å². The van der Waals surface area contributed by atoms with E-state index in [1.165, 1.54) is 17.4 Å². The van der Waals surface area contributed by atoms with Crippen LogP contribution in [0.4, 0.5) is 5.82 Å². The van der Waals surface area contributed by atoms with Gasteiger partial charge in [0, 0.05) is 17.2 Å². The van der Waals surface area contributed by atoms with E-state index in [0.717, 1.165) is 22.1 Å². The van der Waals surface area contributed by atoms with Crippen LogP contribution in [0.15, 0.2) is 30.5 Å². The molecule has 21 heavy (non-hydrogen) atoms. The molecule has 2 rings (SSSR count). The molecule has 108 valence electrons. The Kier molecular flexibility index (Phi) is 4.49. The van der Waals surface area contributed by atoms with Gasteiger partial charge < -0.3 is 10.4 Å². The summed E-state index contributed by atoms with van der Waals surface area (Å²) < 4.78 is 0. The second-order valence-corrected chi connectivity index (χ2v) is 5.59. The molecule has 2 aromatic rings. The first-order chi connectivity index (χ1) is 9.95. The first-order valence-corrected chi connectivity index (χ1v) is 7.03. The summed E-state index contributed by atoms with van der Waals surface area (Å²) in [5.41, 5.74) is 1.87. The van der Waals surface area contributed by atoms with Crippen molar-refractivity contribution in [2.45, 2.75) is 13.8 Å². The molecule has 0 aromatic carbocycles. The molecule has 0 saturated carbocycles. The molecule has 0 atom stereocenters. The number of anilines is 1.